The molecule has 2 heterocycles. The highest BCUT2D eigenvalue weighted by Gasteiger charge is 2.76. The van der Waals surface area contributed by atoms with Crippen molar-refractivity contribution in [3.05, 3.63) is 28.5 Å². The second kappa shape index (κ2) is 4.85. The third-order valence-corrected chi connectivity index (χ3v) is 8.18. The number of methoxy groups -OCH3 is 1. The molecule has 1 saturated heterocycles. The molecule has 27 heavy (non-hydrogen) atoms. The number of quaternary nitrogens is 1. The molecule has 3 fully saturated rings. The Kier molecular flexibility index (Phi) is 2.94. The van der Waals surface area contributed by atoms with Crippen molar-refractivity contribution < 1.29 is 24.0 Å². The molecule has 144 valence electrons. The van der Waals surface area contributed by atoms with Gasteiger partial charge in [-0.1, -0.05) is 6.07 Å². The lowest BCUT2D eigenvalue weighted by Gasteiger charge is -2.68. The average Bonchev–Trinajstić information content (AvgIpc) is 3.38. The smallest absolute Gasteiger partial charge is 0.174 e. The van der Waals surface area contributed by atoms with Crippen molar-refractivity contribution in [3.8, 4) is 11.5 Å². The number of piperidine rings is 1. The summed E-state index contributed by atoms with van der Waals surface area (Å²) in [5.74, 6) is 1.13. The van der Waals surface area contributed by atoms with E-state index >= 15 is 0 Å². The number of hydrogen-bond donors (Lipinski definition) is 1. The molecule has 6 nitrogen and oxygen atoms in total. The maximum atomic E-state index is 14.1. The summed E-state index contributed by atoms with van der Waals surface area (Å²) in [4.78, 5) is 12.9. The Morgan fingerprint density at radius 3 is 2.93 bits per heavy atom. The van der Waals surface area contributed by atoms with Gasteiger partial charge in [-0.25, -0.2) is 0 Å². The van der Waals surface area contributed by atoms with Crippen LogP contribution in [0.1, 0.15) is 43.2 Å². The first-order valence-corrected chi connectivity index (χ1v) is 10.1. The van der Waals surface area contributed by atoms with E-state index in [4.69, 9.17) is 9.47 Å². The number of carbonyl (C=O) groups excluding carboxylic acids is 1. The van der Waals surface area contributed by atoms with E-state index in [1.807, 2.05) is 6.07 Å². The van der Waals surface area contributed by atoms with Gasteiger partial charge >= 0.3 is 0 Å². The Balaban J connectivity index is 1.62. The summed E-state index contributed by atoms with van der Waals surface area (Å²) < 4.78 is 12.2. The first-order chi connectivity index (χ1) is 13.0. The van der Waals surface area contributed by atoms with Crippen LogP contribution < -0.4 is 4.74 Å². The van der Waals surface area contributed by atoms with E-state index in [9.17, 15) is 15.1 Å². The van der Waals surface area contributed by atoms with Gasteiger partial charge in [0.2, 0.25) is 0 Å². The van der Waals surface area contributed by atoms with Crippen LogP contribution in [0.5, 0.6) is 11.5 Å². The Labute approximate surface area is 158 Å². The minimum atomic E-state index is -0.702. The summed E-state index contributed by atoms with van der Waals surface area (Å²) in [5, 5.41) is 24.5. The molecule has 1 unspecified atom stereocenters. The predicted octanol–water partition coefficient (Wildman–Crippen LogP) is 2.19. The summed E-state index contributed by atoms with van der Waals surface area (Å²) >= 11 is 0. The summed E-state index contributed by atoms with van der Waals surface area (Å²) in [6.45, 7) is 1.15. The Bertz CT molecular complexity index is 866. The summed E-state index contributed by atoms with van der Waals surface area (Å²) in [5.41, 5.74) is 0.647. The van der Waals surface area contributed by atoms with Gasteiger partial charge in [0, 0.05) is 37.9 Å². The standard InChI is InChI=1S/C21H25NO5/c1-26-21-7-6-15(24)19-20(21)8-9-22(25,11-12-2-3-12)16(21)10-13-4-5-14(23)18(27-19)17(13)20/h4-5,12,16,19,23H,2-3,6-11H2,1H3/t16-,19+,20+,21-,22?/m1/s1. The van der Waals surface area contributed by atoms with Gasteiger partial charge in [0.25, 0.3) is 0 Å². The minimum absolute atomic E-state index is 0.0676. The number of nitrogens with zero attached hydrogens (tertiary/aromatic N) is 1. The largest absolute Gasteiger partial charge is 0.632 e. The molecule has 5 aliphatic rings. The van der Waals surface area contributed by atoms with Gasteiger partial charge in [-0.3, -0.25) is 4.79 Å². The van der Waals surface area contributed by atoms with Crippen LogP contribution in [0.4, 0.5) is 0 Å². The minimum Gasteiger partial charge on any atom is -0.632 e. The van der Waals surface area contributed by atoms with Crippen molar-refractivity contribution in [1.29, 1.82) is 0 Å². The van der Waals surface area contributed by atoms with E-state index in [0.29, 0.717) is 50.4 Å². The first kappa shape index (κ1) is 16.3. The van der Waals surface area contributed by atoms with Crippen molar-refractivity contribution in [1.82, 2.24) is 0 Å². The third kappa shape index (κ3) is 1.71. The molecule has 1 aromatic rings. The maximum Gasteiger partial charge on any atom is 0.174 e. The molecule has 0 aromatic heterocycles. The van der Waals surface area contributed by atoms with E-state index in [2.05, 4.69) is 0 Å². The molecule has 3 aliphatic carbocycles. The molecule has 6 rings (SSSR count). The summed E-state index contributed by atoms with van der Waals surface area (Å²) in [7, 11) is 1.69. The van der Waals surface area contributed by atoms with Crippen LogP contribution in [0.15, 0.2) is 12.1 Å². The van der Waals surface area contributed by atoms with E-state index < -0.39 is 17.1 Å². The lowest BCUT2D eigenvalue weighted by molar-refractivity contribution is -0.924. The lowest BCUT2D eigenvalue weighted by Crippen LogP contribution is -2.81. The quantitative estimate of drug-likeness (QED) is 0.651. The third-order valence-electron chi connectivity index (χ3n) is 8.18. The SMILES string of the molecule is CO[C@@]12CCC(=O)[C@@H]3Oc4c(O)ccc5c4[C@@]31CC[N+]([O-])(CC1CC1)[C@@H]2C5. The van der Waals surface area contributed by atoms with E-state index in [1.54, 1.807) is 13.2 Å². The van der Waals surface area contributed by atoms with Crippen molar-refractivity contribution in [2.45, 2.75) is 61.7 Å². The Morgan fingerprint density at radius 1 is 1.37 bits per heavy atom. The number of carbonyl (C=O) groups is 1. The van der Waals surface area contributed by atoms with Crippen LogP contribution in [0, 0.1) is 11.1 Å². The summed E-state index contributed by atoms with van der Waals surface area (Å²) in [6.07, 6.45) is 3.79. The number of phenols is 1. The topological polar surface area (TPSA) is 78.8 Å². The van der Waals surface area contributed by atoms with Gasteiger partial charge in [0.1, 0.15) is 11.6 Å². The zero-order valence-electron chi connectivity index (χ0n) is 15.6. The van der Waals surface area contributed by atoms with Gasteiger partial charge in [-0.05, 0) is 30.9 Å². The molecule has 2 saturated carbocycles. The van der Waals surface area contributed by atoms with Crippen molar-refractivity contribution >= 4 is 5.78 Å². The predicted molar refractivity (Wildman–Crippen MR) is 96.4 cm³/mol. The molecule has 6 heteroatoms. The fourth-order valence-electron chi connectivity index (χ4n) is 6.93. The van der Waals surface area contributed by atoms with Crippen molar-refractivity contribution in [2.24, 2.45) is 5.92 Å². The van der Waals surface area contributed by atoms with Gasteiger partial charge in [-0.15, -0.1) is 0 Å². The van der Waals surface area contributed by atoms with Crippen LogP contribution in [-0.2, 0) is 21.4 Å². The second-order valence-electron chi connectivity index (χ2n) is 9.25. The Hall–Kier alpha value is -1.63. The fourth-order valence-corrected chi connectivity index (χ4v) is 6.93. The van der Waals surface area contributed by atoms with Crippen LogP contribution in [0.25, 0.3) is 0 Å². The summed E-state index contributed by atoms with van der Waals surface area (Å²) in [6, 6.07) is 3.34. The van der Waals surface area contributed by atoms with Crippen molar-refractivity contribution in [2.75, 3.05) is 20.2 Å². The van der Waals surface area contributed by atoms with Gasteiger partial charge in [0.15, 0.2) is 23.4 Å². The van der Waals surface area contributed by atoms with E-state index in [0.717, 1.165) is 24.0 Å². The lowest BCUT2D eigenvalue weighted by atomic mass is 9.48. The number of benzene rings is 1. The molecule has 1 N–H and O–H groups in total. The zero-order valence-corrected chi connectivity index (χ0v) is 15.6. The molecule has 0 amide bonds. The Morgan fingerprint density at radius 2 is 2.19 bits per heavy atom. The van der Waals surface area contributed by atoms with Gasteiger partial charge < -0.3 is 24.4 Å². The highest BCUT2D eigenvalue weighted by molar-refractivity contribution is 5.90. The first-order valence-electron chi connectivity index (χ1n) is 10.1. The average molecular weight is 371 g/mol. The van der Waals surface area contributed by atoms with E-state index in [1.165, 1.54) is 0 Å². The fraction of sp³-hybridized carbons (Fsp3) is 0.667. The number of hydroxylamine groups is 3. The molecule has 1 spiro atoms. The zero-order chi connectivity index (χ0) is 18.6. The molecular weight excluding hydrogens is 346 g/mol. The molecule has 5 atom stereocenters. The highest BCUT2D eigenvalue weighted by Crippen LogP contribution is 2.67. The number of ketones is 1. The molecule has 1 aromatic carbocycles. The van der Waals surface area contributed by atoms with Crippen LogP contribution >= 0.6 is 0 Å². The molecule has 2 bridgehead atoms. The number of aromatic hydroxyl groups is 1. The molecule has 2 aliphatic heterocycles. The van der Waals surface area contributed by atoms with Crippen LogP contribution in [-0.4, -0.2) is 53.5 Å². The van der Waals surface area contributed by atoms with Crippen LogP contribution in [0.2, 0.25) is 0 Å². The highest BCUT2D eigenvalue weighted by atomic mass is 16.6. The van der Waals surface area contributed by atoms with Gasteiger partial charge in [0.05, 0.1) is 18.5 Å². The monoisotopic (exact) mass is 371 g/mol. The number of rotatable bonds is 3. The number of Topliss-reactive ketones (excluding diaryl/α,β-unsaturated/α-hetero) is 1. The number of phenolic OH excluding ortho intramolecular Hbond substituents is 1. The second-order valence-corrected chi connectivity index (χ2v) is 9.25. The molecular formula is C21H25NO5. The number of likely N-dealkylation sites (tertiary alicyclic amines) is 1. The van der Waals surface area contributed by atoms with E-state index in [-0.39, 0.29) is 22.2 Å². The van der Waals surface area contributed by atoms with Gasteiger partial charge in [-0.2, -0.15) is 0 Å². The maximum absolute atomic E-state index is 14.1. The molecule has 0 radical (unpaired) electrons. The number of hydrogen-bond acceptors (Lipinski definition) is 5. The number of ether oxygens (including phenoxy) is 2. The normalized spacial score (nSPS) is 44.0. The van der Waals surface area contributed by atoms with Crippen molar-refractivity contribution in [3.63, 3.8) is 0 Å². The van der Waals surface area contributed by atoms with Crippen LogP contribution in [0.3, 0.4) is 0 Å².